The van der Waals surface area contributed by atoms with Gasteiger partial charge in [-0.1, -0.05) is 0 Å². The summed E-state index contributed by atoms with van der Waals surface area (Å²) >= 11 is 0. The molecule has 140 valence electrons. The number of amides is 1. The second-order valence-corrected chi connectivity index (χ2v) is 8.90. The predicted molar refractivity (Wildman–Crippen MR) is 95.8 cm³/mol. The van der Waals surface area contributed by atoms with Crippen molar-refractivity contribution in [2.24, 2.45) is 0 Å². The number of nitrogens with one attached hydrogen (secondary N) is 1. The fraction of sp³-hybridized carbons (Fsp3) is 0.588. The van der Waals surface area contributed by atoms with Gasteiger partial charge < -0.3 is 14.8 Å². The lowest BCUT2D eigenvalue weighted by atomic mass is 10.0. The maximum absolute atomic E-state index is 12.1. The van der Waals surface area contributed by atoms with Crippen molar-refractivity contribution in [1.82, 2.24) is 10.2 Å². The number of nitrogens with zero attached hydrogens (tertiary/aromatic N) is 1. The van der Waals surface area contributed by atoms with Crippen molar-refractivity contribution in [1.29, 1.82) is 0 Å². The van der Waals surface area contributed by atoms with Crippen molar-refractivity contribution in [3.63, 3.8) is 0 Å². The van der Waals surface area contributed by atoms with Crippen molar-refractivity contribution in [3.8, 4) is 11.5 Å². The van der Waals surface area contributed by atoms with Gasteiger partial charge in [-0.05, 0) is 44.7 Å². The molecule has 0 radical (unpaired) electrons. The summed E-state index contributed by atoms with van der Waals surface area (Å²) in [4.78, 5) is 14.0. The third-order valence-electron chi connectivity index (χ3n) is 4.16. The van der Waals surface area contributed by atoms with E-state index in [-0.39, 0.29) is 24.0 Å². The Hall–Kier alpha value is -1.80. The van der Waals surface area contributed by atoms with Crippen molar-refractivity contribution < 1.29 is 22.7 Å². The second kappa shape index (κ2) is 8.05. The topological polar surface area (TPSA) is 84.9 Å². The summed E-state index contributed by atoms with van der Waals surface area (Å²) in [6, 6.07) is 7.30. The monoisotopic (exact) mass is 370 g/mol. The zero-order valence-corrected chi connectivity index (χ0v) is 15.8. The van der Waals surface area contributed by atoms with Crippen LogP contribution >= 0.6 is 0 Å². The lowest BCUT2D eigenvalue weighted by molar-refractivity contribution is -0.123. The van der Waals surface area contributed by atoms with Gasteiger partial charge in [0.15, 0.2) is 9.84 Å². The number of hydrogen-bond donors (Lipinski definition) is 1. The average molecular weight is 370 g/mol. The highest BCUT2D eigenvalue weighted by molar-refractivity contribution is 7.91. The molecular weight excluding hydrogens is 344 g/mol. The quantitative estimate of drug-likeness (QED) is 0.725. The fourth-order valence-electron chi connectivity index (χ4n) is 2.80. The summed E-state index contributed by atoms with van der Waals surface area (Å²) in [5.41, 5.74) is -0.656. The van der Waals surface area contributed by atoms with Crippen LogP contribution < -0.4 is 14.8 Å². The number of sulfone groups is 1. The zero-order chi connectivity index (χ0) is 18.5. The highest BCUT2D eigenvalue weighted by Gasteiger charge is 2.39. The van der Waals surface area contributed by atoms with Crippen molar-refractivity contribution in [2.45, 2.75) is 18.9 Å². The van der Waals surface area contributed by atoms with E-state index in [1.54, 1.807) is 14.0 Å². The first-order valence-corrected chi connectivity index (χ1v) is 10.0. The highest BCUT2D eigenvalue weighted by atomic mass is 32.2. The Bertz CT molecular complexity index is 689. The van der Waals surface area contributed by atoms with Crippen LogP contribution in [-0.4, -0.2) is 70.1 Å². The minimum atomic E-state index is -3.04. The Morgan fingerprint density at radius 3 is 2.48 bits per heavy atom. The van der Waals surface area contributed by atoms with E-state index in [0.29, 0.717) is 19.6 Å². The number of likely N-dealkylation sites (N-methyl/N-ethyl adjacent to an activating group) is 1. The number of carbonyl (C=O) groups is 1. The first-order chi connectivity index (χ1) is 11.7. The van der Waals surface area contributed by atoms with Gasteiger partial charge in [0.05, 0.1) is 30.7 Å². The van der Waals surface area contributed by atoms with Gasteiger partial charge >= 0.3 is 0 Å². The molecule has 0 aromatic heterocycles. The smallest absolute Gasteiger partial charge is 0.234 e. The minimum Gasteiger partial charge on any atom is -0.497 e. The Kier molecular flexibility index (Phi) is 6.29. The molecule has 0 spiro atoms. The molecule has 1 aliphatic rings. The molecule has 0 bridgehead atoms. The summed E-state index contributed by atoms with van der Waals surface area (Å²) in [5.74, 6) is 1.48. The minimum absolute atomic E-state index is 0.00996. The maximum atomic E-state index is 12.1. The van der Waals surface area contributed by atoms with E-state index in [1.807, 2.05) is 36.2 Å². The first kappa shape index (κ1) is 19.5. The average Bonchev–Trinajstić information content (AvgIpc) is 2.80. The fourth-order valence-corrected chi connectivity index (χ4v) is 4.89. The summed E-state index contributed by atoms with van der Waals surface area (Å²) in [7, 11) is 0.397. The Labute approximate surface area is 149 Å². The van der Waals surface area contributed by atoms with Crippen LogP contribution in [0, 0.1) is 0 Å². The lowest BCUT2D eigenvalue weighted by Crippen LogP contribution is -2.50. The number of ether oxygens (including phenoxy) is 2. The number of benzene rings is 1. The Morgan fingerprint density at radius 1 is 1.28 bits per heavy atom. The summed E-state index contributed by atoms with van der Waals surface area (Å²) in [6.07, 6.45) is 0.464. The molecule has 1 saturated heterocycles. The van der Waals surface area contributed by atoms with E-state index in [2.05, 4.69) is 5.32 Å². The van der Waals surface area contributed by atoms with E-state index in [4.69, 9.17) is 9.47 Å². The maximum Gasteiger partial charge on any atom is 0.234 e. The summed E-state index contributed by atoms with van der Waals surface area (Å²) in [5, 5.41) is 2.85. The number of hydrogen-bond acceptors (Lipinski definition) is 6. The van der Waals surface area contributed by atoms with Crippen molar-refractivity contribution >= 4 is 15.7 Å². The zero-order valence-electron chi connectivity index (χ0n) is 14.9. The molecule has 1 aromatic rings. The van der Waals surface area contributed by atoms with Gasteiger partial charge in [-0.3, -0.25) is 9.69 Å². The Balaban J connectivity index is 1.70. The lowest BCUT2D eigenvalue weighted by Gasteiger charge is -2.25. The molecule has 0 aliphatic carbocycles. The third kappa shape index (κ3) is 6.21. The van der Waals surface area contributed by atoms with Crippen LogP contribution in [-0.2, 0) is 14.6 Å². The molecule has 25 heavy (non-hydrogen) atoms. The first-order valence-electron chi connectivity index (χ1n) is 8.18. The summed E-state index contributed by atoms with van der Waals surface area (Å²) < 4.78 is 33.9. The largest absolute Gasteiger partial charge is 0.497 e. The summed E-state index contributed by atoms with van der Waals surface area (Å²) in [6.45, 7) is 3.00. The molecule has 7 nitrogen and oxygen atoms in total. The van der Waals surface area contributed by atoms with Crippen molar-refractivity contribution in [3.05, 3.63) is 24.3 Å². The van der Waals surface area contributed by atoms with Crippen LogP contribution in [0.2, 0.25) is 0 Å². The van der Waals surface area contributed by atoms with E-state index < -0.39 is 15.4 Å². The van der Waals surface area contributed by atoms with Gasteiger partial charge in [-0.15, -0.1) is 0 Å². The van der Waals surface area contributed by atoms with Gasteiger partial charge in [0.25, 0.3) is 0 Å². The highest BCUT2D eigenvalue weighted by Crippen LogP contribution is 2.22. The van der Waals surface area contributed by atoms with Crippen LogP contribution in [0.1, 0.15) is 13.3 Å². The standard InChI is InChI=1S/C17H26N2O5S/c1-17(8-11-25(21,22)13-17)18-16(20)12-19(2)9-10-24-15-6-4-14(23-3)5-7-15/h4-7H,8-13H2,1-3H3,(H,18,20). The van der Waals surface area contributed by atoms with Gasteiger partial charge in [-0.25, -0.2) is 8.42 Å². The molecule has 8 heteroatoms. The van der Waals surface area contributed by atoms with Crippen LogP contribution in [0.4, 0.5) is 0 Å². The molecule has 1 aliphatic heterocycles. The van der Waals surface area contributed by atoms with E-state index >= 15 is 0 Å². The third-order valence-corrected chi connectivity index (χ3v) is 6.06. The molecule has 1 aromatic carbocycles. The SMILES string of the molecule is COc1ccc(OCCN(C)CC(=O)NC2(C)CCS(=O)(=O)C2)cc1. The van der Waals surface area contributed by atoms with Crippen LogP contribution in [0.3, 0.4) is 0 Å². The van der Waals surface area contributed by atoms with E-state index in [9.17, 15) is 13.2 Å². The molecule has 1 amide bonds. The molecule has 1 fully saturated rings. The van der Waals surface area contributed by atoms with E-state index in [1.165, 1.54) is 0 Å². The molecule has 1 atom stereocenters. The normalized spacial score (nSPS) is 21.9. The second-order valence-electron chi connectivity index (χ2n) is 6.71. The van der Waals surface area contributed by atoms with Gasteiger partial charge in [0.1, 0.15) is 18.1 Å². The molecule has 1 N–H and O–H groups in total. The van der Waals surface area contributed by atoms with Gasteiger partial charge in [-0.2, -0.15) is 0 Å². The molecular formula is C17H26N2O5S. The van der Waals surface area contributed by atoms with Crippen molar-refractivity contribution in [2.75, 3.05) is 45.4 Å². The number of rotatable bonds is 8. The Morgan fingerprint density at radius 2 is 1.92 bits per heavy atom. The number of methoxy groups -OCH3 is 1. The van der Waals surface area contributed by atoms with Crippen LogP contribution in [0.15, 0.2) is 24.3 Å². The van der Waals surface area contributed by atoms with Crippen LogP contribution in [0.5, 0.6) is 11.5 Å². The molecule has 1 unspecified atom stereocenters. The van der Waals surface area contributed by atoms with Gasteiger partial charge in [0.2, 0.25) is 5.91 Å². The molecule has 1 heterocycles. The van der Waals surface area contributed by atoms with E-state index in [0.717, 1.165) is 11.5 Å². The van der Waals surface area contributed by atoms with Gasteiger partial charge in [0, 0.05) is 6.54 Å². The molecule has 0 saturated carbocycles. The predicted octanol–water partition coefficient (Wildman–Crippen LogP) is 0.699. The molecule has 2 rings (SSSR count). The number of carbonyl (C=O) groups excluding carboxylic acids is 1. The van der Waals surface area contributed by atoms with Crippen LogP contribution in [0.25, 0.3) is 0 Å².